The van der Waals surface area contributed by atoms with Gasteiger partial charge in [-0.25, -0.2) is 9.97 Å². The Labute approximate surface area is 195 Å². The van der Waals surface area contributed by atoms with Crippen LogP contribution in [0.4, 0.5) is 5.69 Å². The standard InChI is InChI=1S/C25H32ClN5O/c1-5-31-10-6-7-18(15-31)16(2)30-23-20-11-17(8-9-22(20)27-14-21(23)26)19-12-28-24(29-13-19)25(3,4)32/h8-9,11-14,16,18,32H,5-7,10,15H2,1-4H3,(H,27,30)/t16?,18-/m0/s1. The largest absolute Gasteiger partial charge is 0.382 e. The van der Waals surface area contributed by atoms with Crippen LogP contribution in [0.15, 0.2) is 36.8 Å². The van der Waals surface area contributed by atoms with E-state index in [1.165, 1.54) is 19.4 Å². The number of pyridine rings is 1. The average molecular weight is 454 g/mol. The number of piperidine rings is 1. The van der Waals surface area contributed by atoms with Crippen LogP contribution in [0.2, 0.25) is 5.02 Å². The Balaban J connectivity index is 1.65. The molecule has 32 heavy (non-hydrogen) atoms. The number of fused-ring (bicyclic) bond motifs is 1. The number of aliphatic hydroxyl groups is 1. The molecule has 1 fully saturated rings. The summed E-state index contributed by atoms with van der Waals surface area (Å²) >= 11 is 6.62. The van der Waals surface area contributed by atoms with Gasteiger partial charge in [-0.05, 0) is 70.3 Å². The van der Waals surface area contributed by atoms with Gasteiger partial charge in [0.1, 0.15) is 5.60 Å². The van der Waals surface area contributed by atoms with Crippen molar-refractivity contribution < 1.29 is 5.11 Å². The highest BCUT2D eigenvalue weighted by Crippen LogP contribution is 2.34. The Bertz CT molecular complexity index is 1080. The van der Waals surface area contributed by atoms with E-state index in [-0.39, 0.29) is 0 Å². The second-order valence-corrected chi connectivity index (χ2v) is 9.70. The molecule has 4 rings (SSSR count). The molecule has 0 saturated carbocycles. The fourth-order valence-corrected chi connectivity index (χ4v) is 4.62. The van der Waals surface area contributed by atoms with E-state index in [1.54, 1.807) is 32.4 Å². The summed E-state index contributed by atoms with van der Waals surface area (Å²) in [6.45, 7) is 11.2. The number of nitrogens with zero attached hydrogens (tertiary/aromatic N) is 4. The molecule has 3 heterocycles. The molecule has 3 aromatic rings. The van der Waals surface area contributed by atoms with Gasteiger partial charge < -0.3 is 15.3 Å². The van der Waals surface area contributed by atoms with Crippen LogP contribution in [0.3, 0.4) is 0 Å². The van der Waals surface area contributed by atoms with Crippen LogP contribution < -0.4 is 5.32 Å². The van der Waals surface area contributed by atoms with E-state index < -0.39 is 5.60 Å². The molecule has 0 spiro atoms. The SMILES string of the molecule is CCN1CCC[C@H](C(C)Nc2c(Cl)cnc3ccc(-c4cnc(C(C)(C)O)nc4)cc23)C1. The van der Waals surface area contributed by atoms with Gasteiger partial charge in [0.2, 0.25) is 0 Å². The lowest BCUT2D eigenvalue weighted by molar-refractivity contribution is 0.0687. The molecule has 7 heteroatoms. The maximum absolute atomic E-state index is 10.1. The Hall–Kier alpha value is -2.28. The highest BCUT2D eigenvalue weighted by atomic mass is 35.5. The van der Waals surface area contributed by atoms with E-state index in [9.17, 15) is 5.11 Å². The van der Waals surface area contributed by atoms with Crippen molar-refractivity contribution in [2.75, 3.05) is 25.0 Å². The monoisotopic (exact) mass is 453 g/mol. The molecule has 2 N–H and O–H groups in total. The molecule has 2 atom stereocenters. The molecule has 0 radical (unpaired) electrons. The first kappa shape index (κ1) is 22.9. The normalized spacial score (nSPS) is 18.6. The van der Waals surface area contributed by atoms with Crippen molar-refractivity contribution >= 4 is 28.2 Å². The lowest BCUT2D eigenvalue weighted by atomic mass is 9.91. The van der Waals surface area contributed by atoms with Gasteiger partial charge in [-0.1, -0.05) is 24.6 Å². The zero-order valence-electron chi connectivity index (χ0n) is 19.3. The van der Waals surface area contributed by atoms with E-state index >= 15 is 0 Å². The predicted octanol–water partition coefficient (Wildman–Crippen LogP) is 5.10. The third kappa shape index (κ3) is 4.87. The minimum absolute atomic E-state index is 0.297. The fraction of sp³-hybridized carbons (Fsp3) is 0.480. The summed E-state index contributed by atoms with van der Waals surface area (Å²) < 4.78 is 0. The number of rotatable bonds is 6. The quantitative estimate of drug-likeness (QED) is 0.540. The summed E-state index contributed by atoms with van der Waals surface area (Å²) in [6.07, 6.45) is 7.67. The van der Waals surface area contributed by atoms with Crippen molar-refractivity contribution in [3.63, 3.8) is 0 Å². The summed E-state index contributed by atoms with van der Waals surface area (Å²) in [7, 11) is 0. The number of hydrogen-bond donors (Lipinski definition) is 2. The molecule has 1 aliphatic heterocycles. The van der Waals surface area contributed by atoms with E-state index in [4.69, 9.17) is 11.6 Å². The van der Waals surface area contributed by atoms with Crippen LogP contribution in [0.5, 0.6) is 0 Å². The summed E-state index contributed by atoms with van der Waals surface area (Å²) in [6, 6.07) is 6.40. The van der Waals surface area contributed by atoms with Crippen LogP contribution >= 0.6 is 11.6 Å². The first-order chi connectivity index (χ1) is 15.3. The smallest absolute Gasteiger partial charge is 0.159 e. The molecule has 1 aromatic carbocycles. The summed E-state index contributed by atoms with van der Waals surface area (Å²) in [5.74, 6) is 0.977. The molecule has 0 amide bonds. The summed E-state index contributed by atoms with van der Waals surface area (Å²) in [4.78, 5) is 15.7. The van der Waals surface area contributed by atoms with Gasteiger partial charge in [0, 0.05) is 42.1 Å². The Morgan fingerprint density at radius 3 is 2.62 bits per heavy atom. The number of hydrogen-bond acceptors (Lipinski definition) is 6. The summed E-state index contributed by atoms with van der Waals surface area (Å²) in [5, 5.41) is 15.4. The number of benzene rings is 1. The zero-order valence-corrected chi connectivity index (χ0v) is 20.0. The number of likely N-dealkylation sites (tertiary alicyclic amines) is 1. The van der Waals surface area contributed by atoms with Gasteiger partial charge in [0.05, 0.1) is 16.2 Å². The van der Waals surface area contributed by atoms with Crippen molar-refractivity contribution in [3.05, 3.63) is 47.6 Å². The van der Waals surface area contributed by atoms with E-state index in [1.807, 2.05) is 12.1 Å². The molecule has 1 aliphatic rings. The van der Waals surface area contributed by atoms with Crippen LogP contribution in [0, 0.1) is 5.92 Å². The Kier molecular flexibility index (Phi) is 6.65. The molecule has 1 saturated heterocycles. The van der Waals surface area contributed by atoms with Gasteiger partial charge >= 0.3 is 0 Å². The minimum Gasteiger partial charge on any atom is -0.382 e. The zero-order chi connectivity index (χ0) is 22.9. The van der Waals surface area contributed by atoms with Crippen LogP contribution in [0.1, 0.15) is 46.4 Å². The number of aromatic nitrogens is 3. The third-order valence-corrected chi connectivity index (χ3v) is 6.71. The van der Waals surface area contributed by atoms with Gasteiger partial charge in [-0.15, -0.1) is 0 Å². The first-order valence-electron chi connectivity index (χ1n) is 11.4. The van der Waals surface area contributed by atoms with Crippen LogP contribution in [-0.4, -0.2) is 50.6 Å². The topological polar surface area (TPSA) is 74.2 Å². The molecule has 6 nitrogen and oxygen atoms in total. The Morgan fingerprint density at radius 1 is 1.19 bits per heavy atom. The van der Waals surface area contributed by atoms with Crippen molar-refractivity contribution in [1.82, 2.24) is 19.9 Å². The summed E-state index contributed by atoms with van der Waals surface area (Å²) in [5.41, 5.74) is 2.60. The molecule has 0 bridgehead atoms. The second-order valence-electron chi connectivity index (χ2n) is 9.30. The Morgan fingerprint density at radius 2 is 1.94 bits per heavy atom. The van der Waals surface area contributed by atoms with E-state index in [0.717, 1.165) is 40.8 Å². The second kappa shape index (κ2) is 9.30. The van der Waals surface area contributed by atoms with Gasteiger partial charge in [0.15, 0.2) is 5.82 Å². The van der Waals surface area contributed by atoms with Crippen LogP contribution in [0.25, 0.3) is 22.0 Å². The average Bonchev–Trinajstić information content (AvgIpc) is 2.80. The maximum Gasteiger partial charge on any atom is 0.159 e. The van der Waals surface area contributed by atoms with Gasteiger partial charge in [-0.2, -0.15) is 0 Å². The van der Waals surface area contributed by atoms with Crippen LogP contribution in [-0.2, 0) is 5.60 Å². The third-order valence-electron chi connectivity index (χ3n) is 6.42. The molecular weight excluding hydrogens is 422 g/mol. The number of nitrogens with one attached hydrogen (secondary N) is 1. The number of anilines is 1. The highest BCUT2D eigenvalue weighted by Gasteiger charge is 2.25. The predicted molar refractivity (Wildman–Crippen MR) is 131 cm³/mol. The van der Waals surface area contributed by atoms with Crippen molar-refractivity contribution in [3.8, 4) is 11.1 Å². The molecule has 0 aliphatic carbocycles. The number of halogens is 1. The van der Waals surface area contributed by atoms with Gasteiger partial charge in [-0.3, -0.25) is 4.98 Å². The maximum atomic E-state index is 10.1. The molecule has 1 unspecified atom stereocenters. The van der Waals surface area contributed by atoms with Crippen molar-refractivity contribution in [1.29, 1.82) is 0 Å². The minimum atomic E-state index is -1.07. The lowest BCUT2D eigenvalue weighted by Crippen LogP contribution is -2.41. The highest BCUT2D eigenvalue weighted by molar-refractivity contribution is 6.34. The molecule has 170 valence electrons. The van der Waals surface area contributed by atoms with Crippen molar-refractivity contribution in [2.24, 2.45) is 5.92 Å². The van der Waals surface area contributed by atoms with Gasteiger partial charge in [0.25, 0.3) is 0 Å². The van der Waals surface area contributed by atoms with E-state index in [0.29, 0.717) is 22.8 Å². The first-order valence-corrected chi connectivity index (χ1v) is 11.8. The van der Waals surface area contributed by atoms with E-state index in [2.05, 4.69) is 45.1 Å². The fourth-order valence-electron chi connectivity index (χ4n) is 4.42. The lowest BCUT2D eigenvalue weighted by Gasteiger charge is -2.36. The molecule has 2 aromatic heterocycles. The van der Waals surface area contributed by atoms with Crippen molar-refractivity contribution in [2.45, 2.75) is 52.2 Å². The molecular formula is C25H32ClN5O.